The number of methoxy groups -OCH3 is 1. The average molecular weight is 471 g/mol. The minimum atomic E-state index is -4.47. The van der Waals surface area contributed by atoms with E-state index in [1.165, 1.54) is 25.5 Å². The molecular weight excluding hydrogens is 447 g/mol. The molecule has 9 heteroatoms. The Morgan fingerprint density at radius 3 is 2.47 bits per heavy atom. The first-order valence-corrected chi connectivity index (χ1v) is 10.4. The summed E-state index contributed by atoms with van der Waals surface area (Å²) in [6, 6.07) is 11.8. The van der Waals surface area contributed by atoms with Gasteiger partial charge in [-0.1, -0.05) is 18.2 Å². The molecule has 3 aromatic rings. The largest absolute Gasteiger partial charge is 0.465 e. The second kappa shape index (κ2) is 9.94. The van der Waals surface area contributed by atoms with Gasteiger partial charge < -0.3 is 9.30 Å². The number of nitrogens with zero attached hydrogens (tertiary/aromatic N) is 2. The van der Waals surface area contributed by atoms with E-state index in [1.54, 1.807) is 12.1 Å². The number of amides is 1. The number of carbonyl (C=O) groups is 2. The van der Waals surface area contributed by atoms with Crippen LogP contribution in [0.2, 0.25) is 0 Å². The first-order chi connectivity index (χ1) is 16.0. The molecule has 0 atom stereocenters. The van der Waals surface area contributed by atoms with Crippen molar-refractivity contribution in [2.45, 2.75) is 33.4 Å². The van der Waals surface area contributed by atoms with Crippen molar-refractivity contribution < 1.29 is 27.5 Å². The number of hydrogen-bond acceptors (Lipinski definition) is 4. The fourth-order valence-electron chi connectivity index (χ4n) is 3.70. The number of nitrogens with one attached hydrogen (secondary N) is 1. The van der Waals surface area contributed by atoms with Crippen molar-refractivity contribution in [3.63, 3.8) is 0 Å². The van der Waals surface area contributed by atoms with Gasteiger partial charge in [0.2, 0.25) is 5.91 Å². The Labute approximate surface area is 195 Å². The molecule has 1 aromatic heterocycles. The summed E-state index contributed by atoms with van der Waals surface area (Å²) in [5.41, 5.74) is 6.56. The van der Waals surface area contributed by atoms with Gasteiger partial charge in [0.15, 0.2) is 0 Å². The Balaban J connectivity index is 1.73. The Bertz CT molecular complexity index is 1260. The minimum Gasteiger partial charge on any atom is -0.465 e. The molecule has 2 aromatic carbocycles. The number of aryl methyl sites for hydroxylation is 2. The van der Waals surface area contributed by atoms with Crippen LogP contribution in [0.1, 0.15) is 44.0 Å². The molecule has 0 bridgehead atoms. The van der Waals surface area contributed by atoms with E-state index in [1.807, 2.05) is 37.5 Å². The molecule has 0 spiro atoms. The van der Waals surface area contributed by atoms with Crippen LogP contribution < -0.4 is 5.43 Å². The number of alkyl halides is 3. The predicted octanol–water partition coefficient (Wildman–Crippen LogP) is 4.90. The van der Waals surface area contributed by atoms with Gasteiger partial charge >= 0.3 is 12.1 Å². The zero-order valence-electron chi connectivity index (χ0n) is 19.2. The Kier molecular flexibility index (Phi) is 7.24. The first kappa shape index (κ1) is 24.8. The van der Waals surface area contributed by atoms with Gasteiger partial charge in [-0.15, -0.1) is 0 Å². The molecule has 0 aliphatic heterocycles. The molecule has 6 nitrogen and oxygen atoms in total. The van der Waals surface area contributed by atoms with Crippen LogP contribution in [-0.2, 0) is 22.1 Å². The quantitative estimate of drug-likeness (QED) is 0.316. The topological polar surface area (TPSA) is 72.7 Å². The summed E-state index contributed by atoms with van der Waals surface area (Å²) in [6.45, 7) is 5.71. The van der Waals surface area contributed by atoms with Crippen molar-refractivity contribution in [3.8, 4) is 5.69 Å². The van der Waals surface area contributed by atoms with Crippen LogP contribution in [0, 0.1) is 20.8 Å². The molecule has 34 heavy (non-hydrogen) atoms. The fourth-order valence-corrected chi connectivity index (χ4v) is 3.70. The summed E-state index contributed by atoms with van der Waals surface area (Å²) in [6.07, 6.45) is -3.21. The van der Waals surface area contributed by atoms with Gasteiger partial charge in [-0.05, 0) is 62.2 Å². The number of ether oxygens (including phenoxy) is 1. The molecule has 3 rings (SSSR count). The number of aromatic nitrogens is 1. The zero-order valence-corrected chi connectivity index (χ0v) is 19.2. The zero-order chi connectivity index (χ0) is 25.0. The molecule has 1 amide bonds. The highest BCUT2D eigenvalue weighted by Crippen LogP contribution is 2.29. The van der Waals surface area contributed by atoms with E-state index >= 15 is 0 Å². The van der Waals surface area contributed by atoms with E-state index in [9.17, 15) is 22.8 Å². The smallest absolute Gasteiger partial charge is 0.416 e. The third kappa shape index (κ3) is 5.54. The average Bonchev–Trinajstić information content (AvgIpc) is 3.05. The van der Waals surface area contributed by atoms with Crippen LogP contribution in [0.4, 0.5) is 13.2 Å². The van der Waals surface area contributed by atoms with Gasteiger partial charge in [-0.2, -0.15) is 18.3 Å². The van der Waals surface area contributed by atoms with Crippen molar-refractivity contribution in [2.75, 3.05) is 7.11 Å². The highest BCUT2D eigenvalue weighted by atomic mass is 19.4. The number of halogens is 3. The van der Waals surface area contributed by atoms with Gasteiger partial charge in [0.1, 0.15) is 0 Å². The summed E-state index contributed by atoms with van der Waals surface area (Å²) < 4.78 is 45.3. The fraction of sp³-hybridized carbons (Fsp3) is 0.240. The maximum Gasteiger partial charge on any atom is 0.416 e. The minimum absolute atomic E-state index is 0.230. The number of benzene rings is 2. The summed E-state index contributed by atoms with van der Waals surface area (Å²) in [5.74, 6) is -0.942. The van der Waals surface area contributed by atoms with Crippen LogP contribution >= 0.6 is 0 Å². The maximum absolute atomic E-state index is 12.8. The summed E-state index contributed by atoms with van der Waals surface area (Å²) in [4.78, 5) is 23.9. The molecule has 0 radical (unpaired) electrons. The second-order valence-electron chi connectivity index (χ2n) is 7.82. The predicted molar refractivity (Wildman–Crippen MR) is 122 cm³/mol. The lowest BCUT2D eigenvalue weighted by Gasteiger charge is -2.13. The normalized spacial score (nSPS) is 11.6. The van der Waals surface area contributed by atoms with Gasteiger partial charge in [0.25, 0.3) is 0 Å². The maximum atomic E-state index is 12.8. The monoisotopic (exact) mass is 471 g/mol. The third-order valence-electron chi connectivity index (χ3n) is 5.34. The lowest BCUT2D eigenvalue weighted by molar-refractivity contribution is -0.137. The molecule has 0 aliphatic rings. The Morgan fingerprint density at radius 1 is 1.09 bits per heavy atom. The van der Waals surface area contributed by atoms with Crippen molar-refractivity contribution in [3.05, 3.63) is 87.7 Å². The van der Waals surface area contributed by atoms with Crippen molar-refractivity contribution in [1.29, 1.82) is 0 Å². The SMILES string of the molecule is COC(=O)c1ccc(-n2c(C)cc(/C=N/NC(=O)Cc3cccc(C(F)(F)F)c3)c2C)c(C)c1. The number of carbonyl (C=O) groups excluding carboxylic acids is 2. The van der Waals surface area contributed by atoms with Crippen LogP contribution in [0.25, 0.3) is 5.69 Å². The van der Waals surface area contributed by atoms with E-state index < -0.39 is 23.6 Å². The highest BCUT2D eigenvalue weighted by Gasteiger charge is 2.30. The van der Waals surface area contributed by atoms with Crippen molar-refractivity contribution in [1.82, 2.24) is 9.99 Å². The van der Waals surface area contributed by atoms with E-state index in [-0.39, 0.29) is 12.0 Å². The molecule has 178 valence electrons. The summed E-state index contributed by atoms with van der Waals surface area (Å²) in [7, 11) is 1.33. The summed E-state index contributed by atoms with van der Waals surface area (Å²) in [5, 5.41) is 3.97. The standard InChI is InChI=1S/C25H24F3N3O3/c1-15-10-19(24(33)34-4)8-9-22(15)31-16(2)11-20(17(31)3)14-29-30-23(32)13-18-6-5-7-21(12-18)25(26,27)28/h5-12,14H,13H2,1-4H3,(H,30,32)/b29-14+. The molecule has 0 saturated heterocycles. The van der Waals surface area contributed by atoms with Crippen LogP contribution in [-0.4, -0.2) is 29.8 Å². The number of hydrogen-bond donors (Lipinski definition) is 1. The molecule has 0 aliphatic carbocycles. The van der Waals surface area contributed by atoms with E-state index in [4.69, 9.17) is 4.74 Å². The van der Waals surface area contributed by atoms with Gasteiger partial charge in [0.05, 0.1) is 30.9 Å². The van der Waals surface area contributed by atoms with Crippen LogP contribution in [0.15, 0.2) is 53.6 Å². The van der Waals surface area contributed by atoms with E-state index in [0.717, 1.165) is 40.3 Å². The van der Waals surface area contributed by atoms with E-state index in [0.29, 0.717) is 5.56 Å². The summed E-state index contributed by atoms with van der Waals surface area (Å²) >= 11 is 0. The number of rotatable bonds is 6. The second-order valence-corrected chi connectivity index (χ2v) is 7.82. The lowest BCUT2D eigenvalue weighted by Crippen LogP contribution is -2.20. The van der Waals surface area contributed by atoms with Crippen molar-refractivity contribution >= 4 is 18.1 Å². The molecule has 0 fully saturated rings. The lowest BCUT2D eigenvalue weighted by atomic mass is 10.1. The highest BCUT2D eigenvalue weighted by molar-refractivity contribution is 5.90. The van der Waals surface area contributed by atoms with E-state index in [2.05, 4.69) is 10.5 Å². The van der Waals surface area contributed by atoms with Gasteiger partial charge in [0, 0.05) is 22.6 Å². The first-order valence-electron chi connectivity index (χ1n) is 10.4. The molecular formula is C25H24F3N3O3. The Morgan fingerprint density at radius 2 is 1.82 bits per heavy atom. The van der Waals surface area contributed by atoms with Gasteiger partial charge in [-0.25, -0.2) is 10.2 Å². The molecule has 0 unspecified atom stereocenters. The van der Waals surface area contributed by atoms with Crippen molar-refractivity contribution in [2.24, 2.45) is 5.10 Å². The molecule has 0 saturated carbocycles. The Hall–Kier alpha value is -3.88. The van der Waals surface area contributed by atoms with Crippen LogP contribution in [0.5, 0.6) is 0 Å². The third-order valence-corrected chi connectivity index (χ3v) is 5.34. The molecule has 1 N–H and O–H groups in total. The number of esters is 1. The molecule has 1 heterocycles. The van der Waals surface area contributed by atoms with Crippen LogP contribution in [0.3, 0.4) is 0 Å². The van der Waals surface area contributed by atoms with Gasteiger partial charge in [-0.3, -0.25) is 4.79 Å². The number of hydrazone groups is 1.